The van der Waals surface area contributed by atoms with Crippen molar-refractivity contribution in [2.75, 3.05) is 0 Å². The van der Waals surface area contributed by atoms with Gasteiger partial charge < -0.3 is 0 Å². The summed E-state index contributed by atoms with van der Waals surface area (Å²) >= 11 is 7.26. The average Bonchev–Trinajstić information content (AvgIpc) is 2.67. The van der Waals surface area contributed by atoms with Crippen molar-refractivity contribution in [3.8, 4) is 10.6 Å². The molecule has 2 aromatic heterocycles. The van der Waals surface area contributed by atoms with Crippen LogP contribution in [0.3, 0.4) is 0 Å². The third-order valence-electron chi connectivity index (χ3n) is 1.62. The van der Waals surface area contributed by atoms with Crippen LogP contribution in [-0.2, 0) is 5.88 Å². The van der Waals surface area contributed by atoms with Crippen LogP contribution in [0.1, 0.15) is 5.69 Å². The Morgan fingerprint density at radius 3 is 2.69 bits per heavy atom. The van der Waals surface area contributed by atoms with Crippen LogP contribution >= 0.6 is 22.9 Å². The van der Waals surface area contributed by atoms with E-state index in [0.717, 1.165) is 16.3 Å². The minimum Gasteiger partial charge on any atom is -0.265 e. The van der Waals surface area contributed by atoms with Gasteiger partial charge in [-0.15, -0.1) is 22.9 Å². The molecule has 0 atom stereocenters. The molecule has 2 aromatic rings. The number of aromatic nitrogens is 2. The summed E-state index contributed by atoms with van der Waals surface area (Å²) in [5.41, 5.74) is 2.02. The molecule has 0 saturated carbocycles. The molecule has 13 heavy (non-hydrogen) atoms. The van der Waals surface area contributed by atoms with E-state index >= 15 is 0 Å². The van der Waals surface area contributed by atoms with Gasteiger partial charge in [-0.05, 0) is 12.1 Å². The lowest BCUT2D eigenvalue weighted by Crippen LogP contribution is -1.79. The van der Waals surface area contributed by atoms with Gasteiger partial charge in [0.15, 0.2) is 0 Å². The second kappa shape index (κ2) is 3.85. The van der Waals surface area contributed by atoms with Crippen molar-refractivity contribution < 1.29 is 0 Å². The molecule has 0 bridgehead atoms. The summed E-state index contributed by atoms with van der Waals surface area (Å²) in [6, 6.07) is 3.88. The molecular formula is C9H7ClN2S. The topological polar surface area (TPSA) is 25.8 Å². The fourth-order valence-corrected chi connectivity index (χ4v) is 2.05. The summed E-state index contributed by atoms with van der Waals surface area (Å²) in [7, 11) is 0. The highest BCUT2D eigenvalue weighted by Crippen LogP contribution is 2.23. The van der Waals surface area contributed by atoms with Crippen molar-refractivity contribution in [1.82, 2.24) is 9.97 Å². The number of hydrogen-bond donors (Lipinski definition) is 0. The van der Waals surface area contributed by atoms with Crippen molar-refractivity contribution in [2.45, 2.75) is 5.88 Å². The van der Waals surface area contributed by atoms with E-state index < -0.39 is 0 Å². The molecule has 0 spiro atoms. The van der Waals surface area contributed by atoms with Gasteiger partial charge in [0, 0.05) is 23.3 Å². The Hall–Kier alpha value is -0.930. The van der Waals surface area contributed by atoms with Gasteiger partial charge in [-0.3, -0.25) is 4.98 Å². The van der Waals surface area contributed by atoms with Crippen molar-refractivity contribution >= 4 is 22.9 Å². The Morgan fingerprint density at radius 1 is 1.31 bits per heavy atom. The summed E-state index contributed by atoms with van der Waals surface area (Å²) in [5.74, 6) is 0.474. The molecular weight excluding hydrogens is 204 g/mol. The number of alkyl halides is 1. The van der Waals surface area contributed by atoms with Gasteiger partial charge in [-0.1, -0.05) is 0 Å². The molecule has 0 aliphatic carbocycles. The summed E-state index contributed by atoms with van der Waals surface area (Å²) in [6.07, 6.45) is 3.52. The third kappa shape index (κ3) is 1.87. The van der Waals surface area contributed by atoms with Gasteiger partial charge in [-0.2, -0.15) is 0 Å². The molecule has 0 radical (unpaired) electrons. The van der Waals surface area contributed by atoms with E-state index in [1.165, 1.54) is 0 Å². The second-order valence-corrected chi connectivity index (χ2v) is 3.64. The first-order chi connectivity index (χ1) is 6.40. The lowest BCUT2D eigenvalue weighted by Gasteiger charge is -1.92. The highest BCUT2D eigenvalue weighted by molar-refractivity contribution is 7.13. The van der Waals surface area contributed by atoms with Gasteiger partial charge in [0.25, 0.3) is 0 Å². The Morgan fingerprint density at radius 2 is 2.08 bits per heavy atom. The first kappa shape index (κ1) is 8.66. The van der Waals surface area contributed by atoms with Crippen molar-refractivity contribution in [1.29, 1.82) is 0 Å². The average molecular weight is 211 g/mol. The predicted octanol–water partition coefficient (Wildman–Crippen LogP) is 2.94. The maximum atomic E-state index is 5.66. The smallest absolute Gasteiger partial charge is 0.123 e. The van der Waals surface area contributed by atoms with Gasteiger partial charge >= 0.3 is 0 Å². The van der Waals surface area contributed by atoms with Crippen LogP contribution in [0.25, 0.3) is 10.6 Å². The highest BCUT2D eigenvalue weighted by Gasteiger charge is 2.02. The maximum absolute atomic E-state index is 5.66. The maximum Gasteiger partial charge on any atom is 0.123 e. The van der Waals surface area contributed by atoms with Crippen molar-refractivity contribution in [2.24, 2.45) is 0 Å². The number of rotatable bonds is 2. The summed E-state index contributed by atoms with van der Waals surface area (Å²) in [5, 5.41) is 2.97. The second-order valence-electron chi connectivity index (χ2n) is 2.51. The monoisotopic (exact) mass is 210 g/mol. The van der Waals surface area contributed by atoms with E-state index in [2.05, 4.69) is 9.97 Å². The molecule has 0 amide bonds. The van der Waals surface area contributed by atoms with Crippen LogP contribution < -0.4 is 0 Å². The van der Waals surface area contributed by atoms with Crippen LogP contribution in [0.15, 0.2) is 29.9 Å². The van der Waals surface area contributed by atoms with Crippen molar-refractivity contribution in [3.63, 3.8) is 0 Å². The molecule has 4 heteroatoms. The molecule has 0 fully saturated rings. The van der Waals surface area contributed by atoms with Crippen LogP contribution in [0.2, 0.25) is 0 Å². The van der Waals surface area contributed by atoms with Crippen LogP contribution in [0.5, 0.6) is 0 Å². The number of nitrogens with zero attached hydrogens (tertiary/aromatic N) is 2. The minimum atomic E-state index is 0.474. The largest absolute Gasteiger partial charge is 0.265 e. The normalized spacial score (nSPS) is 10.2. The van der Waals surface area contributed by atoms with Crippen LogP contribution in [0.4, 0.5) is 0 Å². The lowest BCUT2D eigenvalue weighted by atomic mass is 10.3. The molecule has 0 aromatic carbocycles. The first-order valence-electron chi connectivity index (χ1n) is 3.81. The van der Waals surface area contributed by atoms with E-state index in [4.69, 9.17) is 11.6 Å². The third-order valence-corrected chi connectivity index (χ3v) is 2.83. The molecule has 0 saturated heterocycles. The number of thiazole rings is 1. The van der Waals surface area contributed by atoms with Gasteiger partial charge in [0.05, 0.1) is 11.6 Å². The van der Waals surface area contributed by atoms with Crippen molar-refractivity contribution in [3.05, 3.63) is 35.6 Å². The molecule has 0 N–H and O–H groups in total. The Balaban J connectivity index is 2.36. The van der Waals surface area contributed by atoms with Gasteiger partial charge in [-0.25, -0.2) is 4.98 Å². The predicted molar refractivity (Wildman–Crippen MR) is 54.9 cm³/mol. The van der Waals surface area contributed by atoms with Crippen LogP contribution in [0, 0.1) is 0 Å². The van der Waals surface area contributed by atoms with E-state index in [1.54, 1.807) is 23.7 Å². The number of pyridine rings is 1. The zero-order valence-corrected chi connectivity index (χ0v) is 8.35. The SMILES string of the molecule is ClCc1csc(-c2ccncc2)n1. The minimum absolute atomic E-state index is 0.474. The quantitative estimate of drug-likeness (QED) is 0.713. The molecule has 0 aliphatic rings. The number of hydrogen-bond acceptors (Lipinski definition) is 3. The highest BCUT2D eigenvalue weighted by atomic mass is 35.5. The van der Waals surface area contributed by atoms with E-state index in [9.17, 15) is 0 Å². The fourth-order valence-electron chi connectivity index (χ4n) is 0.995. The standard InChI is InChI=1S/C9H7ClN2S/c10-5-8-6-13-9(12-8)7-1-3-11-4-2-7/h1-4,6H,5H2. The molecule has 2 rings (SSSR count). The molecule has 0 aliphatic heterocycles. The Labute approximate surface area is 85.2 Å². The first-order valence-corrected chi connectivity index (χ1v) is 5.22. The fraction of sp³-hybridized carbons (Fsp3) is 0.111. The van der Waals surface area contributed by atoms with E-state index in [-0.39, 0.29) is 0 Å². The summed E-state index contributed by atoms with van der Waals surface area (Å²) < 4.78 is 0. The van der Waals surface area contributed by atoms with E-state index in [1.807, 2.05) is 17.5 Å². The molecule has 2 nitrogen and oxygen atoms in total. The van der Waals surface area contributed by atoms with E-state index in [0.29, 0.717) is 5.88 Å². The summed E-state index contributed by atoms with van der Waals surface area (Å²) in [4.78, 5) is 8.31. The molecule has 0 unspecified atom stereocenters. The molecule has 66 valence electrons. The lowest BCUT2D eigenvalue weighted by molar-refractivity contribution is 1.22. The van der Waals surface area contributed by atoms with Gasteiger partial charge in [0.1, 0.15) is 5.01 Å². The zero-order valence-electron chi connectivity index (χ0n) is 6.77. The summed E-state index contributed by atoms with van der Waals surface area (Å²) in [6.45, 7) is 0. The Bertz CT molecular complexity index is 386. The number of halogens is 1. The van der Waals surface area contributed by atoms with Crippen LogP contribution in [-0.4, -0.2) is 9.97 Å². The molecule has 2 heterocycles. The van der Waals surface area contributed by atoms with Gasteiger partial charge in [0.2, 0.25) is 0 Å². The zero-order chi connectivity index (χ0) is 9.10. The Kier molecular flexibility index (Phi) is 2.57.